The molecule has 3 heteroatoms. The van der Waals surface area contributed by atoms with Gasteiger partial charge in [-0.05, 0) is 56.2 Å². The molecule has 0 radical (unpaired) electrons. The molecule has 1 saturated carbocycles. The lowest BCUT2D eigenvalue weighted by Crippen LogP contribution is -2.24. The molecule has 1 aliphatic rings. The molecule has 0 spiro atoms. The second-order valence-electron chi connectivity index (χ2n) is 5.44. The molecule has 0 aromatic heterocycles. The Morgan fingerprint density at radius 2 is 2.00 bits per heavy atom. The van der Waals surface area contributed by atoms with Gasteiger partial charge in [0.05, 0.1) is 14.2 Å². The first-order valence-corrected chi connectivity index (χ1v) is 7.13. The average Bonchev–Trinajstić information content (AvgIpc) is 2.35. The Balaban J connectivity index is 2.39. The number of hydrogen-bond donors (Lipinski definition) is 1. The summed E-state index contributed by atoms with van der Waals surface area (Å²) in [6, 6.07) is 4.09. The maximum Gasteiger partial charge on any atom is 0.126 e. The molecule has 0 heterocycles. The zero-order valence-electron chi connectivity index (χ0n) is 12.2. The summed E-state index contributed by atoms with van der Waals surface area (Å²) in [6.45, 7) is 2.87. The summed E-state index contributed by atoms with van der Waals surface area (Å²) in [5.41, 5.74) is 8.40. The van der Waals surface area contributed by atoms with Crippen molar-refractivity contribution in [3.63, 3.8) is 0 Å². The van der Waals surface area contributed by atoms with Crippen molar-refractivity contribution < 1.29 is 9.47 Å². The zero-order chi connectivity index (χ0) is 13.8. The summed E-state index contributed by atoms with van der Waals surface area (Å²) in [5.74, 6) is 3.10. The van der Waals surface area contributed by atoms with Gasteiger partial charge >= 0.3 is 0 Å². The summed E-state index contributed by atoms with van der Waals surface area (Å²) in [6.07, 6.45) is 5.02. The average molecular weight is 263 g/mol. The van der Waals surface area contributed by atoms with E-state index in [1.54, 1.807) is 14.2 Å². The van der Waals surface area contributed by atoms with Crippen LogP contribution in [-0.4, -0.2) is 20.8 Å². The smallest absolute Gasteiger partial charge is 0.126 e. The largest absolute Gasteiger partial charge is 0.497 e. The molecule has 1 aromatic carbocycles. The Bertz CT molecular complexity index is 427. The number of nitrogens with two attached hydrogens (primary N) is 1. The maximum absolute atomic E-state index is 5.82. The SMILES string of the molecule is COc1cc(C)c(C(CCN)C2CCC2)c(OC)c1. The summed E-state index contributed by atoms with van der Waals surface area (Å²) < 4.78 is 10.9. The van der Waals surface area contributed by atoms with Crippen LogP contribution in [-0.2, 0) is 0 Å². The second-order valence-corrected chi connectivity index (χ2v) is 5.44. The quantitative estimate of drug-likeness (QED) is 0.857. The second kappa shape index (κ2) is 6.29. The minimum Gasteiger partial charge on any atom is -0.497 e. The molecule has 2 N–H and O–H groups in total. The molecule has 0 amide bonds. The van der Waals surface area contributed by atoms with Gasteiger partial charge in [-0.3, -0.25) is 0 Å². The van der Waals surface area contributed by atoms with Gasteiger partial charge in [-0.15, -0.1) is 0 Å². The topological polar surface area (TPSA) is 44.5 Å². The van der Waals surface area contributed by atoms with Gasteiger partial charge < -0.3 is 15.2 Å². The van der Waals surface area contributed by atoms with Gasteiger partial charge in [0, 0.05) is 11.6 Å². The van der Waals surface area contributed by atoms with Gasteiger partial charge in [0.25, 0.3) is 0 Å². The van der Waals surface area contributed by atoms with Crippen molar-refractivity contribution in [2.45, 2.75) is 38.5 Å². The van der Waals surface area contributed by atoms with E-state index in [1.807, 2.05) is 6.07 Å². The lowest BCUT2D eigenvalue weighted by Gasteiger charge is -2.35. The molecule has 1 aromatic rings. The van der Waals surface area contributed by atoms with E-state index in [0.717, 1.165) is 30.4 Å². The Morgan fingerprint density at radius 3 is 2.47 bits per heavy atom. The molecule has 1 unspecified atom stereocenters. The zero-order valence-corrected chi connectivity index (χ0v) is 12.2. The molecule has 1 fully saturated rings. The van der Waals surface area contributed by atoms with Crippen molar-refractivity contribution in [2.75, 3.05) is 20.8 Å². The van der Waals surface area contributed by atoms with Crippen molar-refractivity contribution in [2.24, 2.45) is 11.7 Å². The van der Waals surface area contributed by atoms with Gasteiger partial charge in [0.1, 0.15) is 11.5 Å². The van der Waals surface area contributed by atoms with Crippen LogP contribution in [0.1, 0.15) is 42.7 Å². The van der Waals surface area contributed by atoms with E-state index >= 15 is 0 Å². The van der Waals surface area contributed by atoms with E-state index in [4.69, 9.17) is 15.2 Å². The molecule has 2 rings (SSSR count). The predicted molar refractivity (Wildman–Crippen MR) is 78.0 cm³/mol. The number of benzene rings is 1. The molecule has 106 valence electrons. The van der Waals surface area contributed by atoms with E-state index in [0.29, 0.717) is 5.92 Å². The van der Waals surface area contributed by atoms with Crippen molar-refractivity contribution >= 4 is 0 Å². The van der Waals surface area contributed by atoms with E-state index in [2.05, 4.69) is 13.0 Å². The van der Waals surface area contributed by atoms with E-state index in [1.165, 1.54) is 30.4 Å². The highest BCUT2D eigenvalue weighted by atomic mass is 16.5. The van der Waals surface area contributed by atoms with Crippen molar-refractivity contribution in [3.05, 3.63) is 23.3 Å². The Hall–Kier alpha value is -1.22. The number of hydrogen-bond acceptors (Lipinski definition) is 3. The molecule has 1 aliphatic carbocycles. The third-order valence-electron chi connectivity index (χ3n) is 4.35. The van der Waals surface area contributed by atoms with Crippen molar-refractivity contribution in [3.8, 4) is 11.5 Å². The first-order valence-electron chi connectivity index (χ1n) is 7.13. The van der Waals surface area contributed by atoms with Gasteiger partial charge in [0.2, 0.25) is 0 Å². The maximum atomic E-state index is 5.82. The standard InChI is InChI=1S/C16H25NO2/c1-11-9-13(18-2)10-15(19-3)16(11)14(7-8-17)12-5-4-6-12/h9-10,12,14H,4-8,17H2,1-3H3. The lowest BCUT2D eigenvalue weighted by atomic mass is 9.70. The van der Waals surface area contributed by atoms with Crippen LogP contribution in [0.5, 0.6) is 11.5 Å². The summed E-state index contributed by atoms with van der Waals surface area (Å²) in [4.78, 5) is 0. The molecule has 19 heavy (non-hydrogen) atoms. The monoisotopic (exact) mass is 263 g/mol. The summed E-state index contributed by atoms with van der Waals surface area (Å²) >= 11 is 0. The van der Waals surface area contributed by atoms with Crippen molar-refractivity contribution in [1.82, 2.24) is 0 Å². The van der Waals surface area contributed by atoms with Crippen LogP contribution in [0.2, 0.25) is 0 Å². The molecular formula is C16H25NO2. The van der Waals surface area contributed by atoms with Gasteiger partial charge in [-0.1, -0.05) is 6.42 Å². The molecule has 0 saturated heterocycles. The fourth-order valence-corrected chi connectivity index (χ4v) is 3.13. The van der Waals surface area contributed by atoms with Crippen LogP contribution in [0.3, 0.4) is 0 Å². The van der Waals surface area contributed by atoms with Gasteiger partial charge in [0.15, 0.2) is 0 Å². The molecular weight excluding hydrogens is 238 g/mol. The fourth-order valence-electron chi connectivity index (χ4n) is 3.13. The van der Waals surface area contributed by atoms with E-state index in [9.17, 15) is 0 Å². The van der Waals surface area contributed by atoms with Crippen LogP contribution >= 0.6 is 0 Å². The molecule has 3 nitrogen and oxygen atoms in total. The normalized spacial score (nSPS) is 16.8. The third-order valence-corrected chi connectivity index (χ3v) is 4.35. The number of rotatable bonds is 6. The number of ether oxygens (including phenoxy) is 2. The highest BCUT2D eigenvalue weighted by Gasteiger charge is 2.31. The van der Waals surface area contributed by atoms with Gasteiger partial charge in [-0.2, -0.15) is 0 Å². The minimum absolute atomic E-state index is 0.527. The van der Waals surface area contributed by atoms with E-state index in [-0.39, 0.29) is 0 Å². The van der Waals surface area contributed by atoms with E-state index < -0.39 is 0 Å². The number of methoxy groups -OCH3 is 2. The van der Waals surface area contributed by atoms with Gasteiger partial charge in [-0.25, -0.2) is 0 Å². The number of aryl methyl sites for hydroxylation is 1. The first-order chi connectivity index (χ1) is 9.21. The molecule has 0 bridgehead atoms. The predicted octanol–water partition coefficient (Wildman–Crippen LogP) is 3.24. The van der Waals surface area contributed by atoms with Crippen LogP contribution < -0.4 is 15.2 Å². The van der Waals surface area contributed by atoms with Crippen LogP contribution in [0.25, 0.3) is 0 Å². The summed E-state index contributed by atoms with van der Waals surface area (Å²) in [5, 5.41) is 0. The Kier molecular flexibility index (Phi) is 4.70. The molecule has 0 aliphatic heterocycles. The highest BCUT2D eigenvalue weighted by Crippen LogP contribution is 2.46. The van der Waals surface area contributed by atoms with Crippen LogP contribution in [0.15, 0.2) is 12.1 Å². The minimum atomic E-state index is 0.527. The highest BCUT2D eigenvalue weighted by molar-refractivity contribution is 5.48. The van der Waals surface area contributed by atoms with Crippen LogP contribution in [0, 0.1) is 12.8 Å². The molecule has 1 atom stereocenters. The van der Waals surface area contributed by atoms with Crippen molar-refractivity contribution in [1.29, 1.82) is 0 Å². The summed E-state index contributed by atoms with van der Waals surface area (Å²) in [7, 11) is 3.43. The first kappa shape index (κ1) is 14.2. The van der Waals surface area contributed by atoms with Crippen LogP contribution in [0.4, 0.5) is 0 Å². The Morgan fingerprint density at radius 1 is 1.26 bits per heavy atom. The lowest BCUT2D eigenvalue weighted by molar-refractivity contribution is 0.247. The third kappa shape index (κ3) is 2.86. The Labute approximate surface area is 116 Å². The fraction of sp³-hybridized carbons (Fsp3) is 0.625.